The molecule has 108 valence electrons. The number of carboxylic acid groups (broad SMARTS) is 1. The summed E-state index contributed by atoms with van der Waals surface area (Å²) in [5.41, 5.74) is 0.0853. The van der Waals surface area contributed by atoms with Crippen LogP contribution in [-0.4, -0.2) is 33.8 Å². The van der Waals surface area contributed by atoms with Crippen LogP contribution in [0.25, 0.3) is 0 Å². The summed E-state index contributed by atoms with van der Waals surface area (Å²) in [6.45, 7) is 3.32. The number of carboxylic acids is 1. The maximum Gasteiger partial charge on any atom is 0.353 e. The van der Waals surface area contributed by atoms with E-state index in [1.54, 1.807) is 5.41 Å². The number of aliphatic carboxylic acids is 1. The van der Waals surface area contributed by atoms with Gasteiger partial charge in [-0.25, -0.2) is 4.79 Å². The van der Waals surface area contributed by atoms with Crippen molar-refractivity contribution < 1.29 is 19.5 Å². The summed E-state index contributed by atoms with van der Waals surface area (Å²) in [4.78, 5) is 36.0. The predicted octanol–water partition coefficient (Wildman–Crippen LogP) is 1.26. The summed E-state index contributed by atoms with van der Waals surface area (Å²) in [7, 11) is 0. The van der Waals surface area contributed by atoms with E-state index in [9.17, 15) is 19.5 Å². The second-order valence-corrected chi connectivity index (χ2v) is 5.69. The normalized spacial score (nSPS) is 24.9. The van der Waals surface area contributed by atoms with Crippen LogP contribution in [0.3, 0.4) is 0 Å². The summed E-state index contributed by atoms with van der Waals surface area (Å²) in [5, 5.41) is 13.4. The first-order valence-corrected chi connectivity index (χ1v) is 7.23. The van der Waals surface area contributed by atoms with Crippen molar-refractivity contribution in [1.82, 2.24) is 10.2 Å². The molecule has 0 aromatic rings. The van der Waals surface area contributed by atoms with E-state index in [-0.39, 0.29) is 29.5 Å². The average Bonchev–Trinajstić information content (AvgIpc) is 2.70. The van der Waals surface area contributed by atoms with Gasteiger partial charge in [-0.3, -0.25) is 9.59 Å². The maximum atomic E-state index is 11.9. The molecule has 2 N–H and O–H groups in total. The molecule has 0 unspecified atom stereocenters. The highest BCUT2D eigenvalue weighted by Gasteiger charge is 2.54. The number of fused-ring (bicyclic) bond motifs is 1. The molecule has 6 nitrogen and oxygen atoms in total. The van der Waals surface area contributed by atoms with Gasteiger partial charge in [0.05, 0.1) is 12.0 Å². The van der Waals surface area contributed by atoms with Crippen molar-refractivity contribution >= 4 is 29.5 Å². The highest BCUT2D eigenvalue weighted by Crippen LogP contribution is 2.47. The summed E-state index contributed by atoms with van der Waals surface area (Å²) >= 11 is 1.23. The van der Waals surface area contributed by atoms with Crippen LogP contribution in [0.1, 0.15) is 26.7 Å². The number of thioether (sulfide) groups is 1. The fourth-order valence-electron chi connectivity index (χ4n) is 2.58. The van der Waals surface area contributed by atoms with Crippen molar-refractivity contribution in [3.63, 3.8) is 0 Å². The van der Waals surface area contributed by atoms with Gasteiger partial charge in [0, 0.05) is 24.4 Å². The molecule has 2 heterocycles. The van der Waals surface area contributed by atoms with Crippen LogP contribution < -0.4 is 5.32 Å². The molecular formula is C13H16N2O4S. The maximum absolute atomic E-state index is 11.9. The molecule has 0 aromatic carbocycles. The number of rotatable bonds is 5. The lowest BCUT2D eigenvalue weighted by atomic mass is 9.85. The zero-order chi connectivity index (χ0) is 14.9. The lowest BCUT2D eigenvalue weighted by Crippen LogP contribution is -2.58. The van der Waals surface area contributed by atoms with E-state index in [0.29, 0.717) is 11.3 Å². The van der Waals surface area contributed by atoms with Gasteiger partial charge in [0.2, 0.25) is 11.8 Å². The number of carbonyl (C=O) groups excluding carboxylic acids is 2. The molecule has 2 rings (SSSR count). The largest absolute Gasteiger partial charge is 0.477 e. The zero-order valence-electron chi connectivity index (χ0n) is 11.3. The molecule has 0 saturated carbocycles. The van der Waals surface area contributed by atoms with Crippen molar-refractivity contribution in [3.05, 3.63) is 22.2 Å². The van der Waals surface area contributed by atoms with Gasteiger partial charge in [0.25, 0.3) is 0 Å². The average molecular weight is 296 g/mol. The number of nitrogens with one attached hydrogen (secondary N) is 1. The molecule has 2 amide bonds. The fourth-order valence-corrected chi connectivity index (χ4v) is 3.44. The highest BCUT2D eigenvalue weighted by atomic mass is 32.2. The Morgan fingerprint density at radius 2 is 2.25 bits per heavy atom. The molecule has 0 spiro atoms. The Balaban J connectivity index is 2.11. The number of hydrogen-bond donors (Lipinski definition) is 2. The molecule has 2 aliphatic heterocycles. The third-order valence-electron chi connectivity index (χ3n) is 3.46. The van der Waals surface area contributed by atoms with Crippen molar-refractivity contribution in [1.29, 1.82) is 0 Å². The Morgan fingerprint density at radius 1 is 1.55 bits per heavy atom. The fraction of sp³-hybridized carbons (Fsp3) is 0.462. The van der Waals surface area contributed by atoms with E-state index in [2.05, 4.69) is 5.32 Å². The Hall–Kier alpha value is -1.76. The van der Waals surface area contributed by atoms with Crippen molar-refractivity contribution in [3.8, 4) is 0 Å². The molecule has 2 atom stereocenters. The second kappa shape index (κ2) is 5.70. The first-order valence-electron chi connectivity index (χ1n) is 6.35. The van der Waals surface area contributed by atoms with Crippen LogP contribution in [0.5, 0.6) is 0 Å². The Labute approximate surface area is 120 Å². The van der Waals surface area contributed by atoms with E-state index in [1.165, 1.54) is 29.8 Å². The molecule has 7 heteroatoms. The lowest BCUT2D eigenvalue weighted by molar-refractivity contribution is -0.155. The molecule has 2 aliphatic rings. The van der Waals surface area contributed by atoms with Gasteiger partial charge in [-0.05, 0) is 11.8 Å². The molecule has 20 heavy (non-hydrogen) atoms. The number of nitrogens with zero attached hydrogens (tertiary/aromatic N) is 1. The minimum Gasteiger partial charge on any atom is -0.477 e. The monoisotopic (exact) mass is 296 g/mol. The number of carbonyl (C=O) groups is 3. The third kappa shape index (κ3) is 2.45. The van der Waals surface area contributed by atoms with Gasteiger partial charge < -0.3 is 15.3 Å². The van der Waals surface area contributed by atoms with E-state index in [4.69, 9.17) is 0 Å². The topological polar surface area (TPSA) is 86.7 Å². The first kappa shape index (κ1) is 14.6. The molecule has 0 aliphatic carbocycles. The zero-order valence-corrected chi connectivity index (χ0v) is 12.1. The van der Waals surface area contributed by atoms with E-state index >= 15 is 0 Å². The Bertz CT molecular complexity index is 526. The minimum atomic E-state index is -1.08. The molecule has 0 aromatic heterocycles. The molecule has 1 saturated heterocycles. The van der Waals surface area contributed by atoms with Crippen molar-refractivity contribution in [2.45, 2.75) is 32.7 Å². The second-order valence-electron chi connectivity index (χ2n) is 4.69. The Morgan fingerprint density at radius 3 is 2.80 bits per heavy atom. The summed E-state index contributed by atoms with van der Waals surface area (Å²) in [6.07, 6.45) is 2.77. The molecule has 1 fully saturated rings. The van der Waals surface area contributed by atoms with Gasteiger partial charge >= 0.3 is 5.97 Å². The van der Waals surface area contributed by atoms with Gasteiger partial charge in [0.1, 0.15) is 5.70 Å². The van der Waals surface area contributed by atoms with E-state index < -0.39 is 5.97 Å². The van der Waals surface area contributed by atoms with Gasteiger partial charge in [0.15, 0.2) is 0 Å². The van der Waals surface area contributed by atoms with Gasteiger partial charge in [-0.15, -0.1) is 0 Å². The van der Waals surface area contributed by atoms with Crippen LogP contribution in [0.2, 0.25) is 0 Å². The minimum absolute atomic E-state index is 0.0183. The summed E-state index contributed by atoms with van der Waals surface area (Å²) in [6, 6.07) is -0.0183. The van der Waals surface area contributed by atoms with E-state index in [0.717, 1.165) is 6.42 Å². The van der Waals surface area contributed by atoms with Crippen LogP contribution in [0.4, 0.5) is 0 Å². The first-order chi connectivity index (χ1) is 9.47. The molecule has 0 bridgehead atoms. The van der Waals surface area contributed by atoms with Crippen LogP contribution in [-0.2, 0) is 14.4 Å². The number of β-lactam (4-membered cyclic amide) rings is 1. The van der Waals surface area contributed by atoms with Gasteiger partial charge in [-0.1, -0.05) is 18.7 Å². The summed E-state index contributed by atoms with van der Waals surface area (Å²) < 4.78 is 0. The molecular weight excluding hydrogens is 280 g/mol. The van der Waals surface area contributed by atoms with E-state index in [1.807, 2.05) is 6.92 Å². The van der Waals surface area contributed by atoms with Crippen molar-refractivity contribution in [2.24, 2.45) is 5.92 Å². The SMILES string of the molecule is CC[C@@H]1C(=O)N2C(C(=O)O)=C(SC=CNC(C)=O)C[C@H]12. The van der Waals surface area contributed by atoms with Crippen LogP contribution in [0.15, 0.2) is 22.2 Å². The third-order valence-corrected chi connectivity index (χ3v) is 4.37. The quantitative estimate of drug-likeness (QED) is 0.746. The lowest BCUT2D eigenvalue weighted by Gasteiger charge is -2.42. The van der Waals surface area contributed by atoms with Crippen molar-refractivity contribution in [2.75, 3.05) is 0 Å². The van der Waals surface area contributed by atoms with Crippen LogP contribution in [0, 0.1) is 5.92 Å². The predicted molar refractivity (Wildman–Crippen MR) is 74.2 cm³/mol. The summed E-state index contributed by atoms with van der Waals surface area (Å²) in [5.74, 6) is -1.44. The van der Waals surface area contributed by atoms with Gasteiger partial charge in [-0.2, -0.15) is 0 Å². The van der Waals surface area contributed by atoms with Crippen LogP contribution >= 0.6 is 11.8 Å². The number of amides is 2. The smallest absolute Gasteiger partial charge is 0.353 e. The number of hydrogen-bond acceptors (Lipinski definition) is 4. The molecule has 0 radical (unpaired) electrons. The Kier molecular flexibility index (Phi) is 4.17. The highest BCUT2D eigenvalue weighted by molar-refractivity contribution is 8.05. The standard InChI is InChI=1S/C13H16N2O4S/c1-3-8-9-6-10(20-5-4-14-7(2)16)11(13(18)19)15(9)12(8)17/h4-5,8-9H,3,6H2,1-2H3,(H,14,16)(H,18,19)/t8-,9+/m0/s1.